The van der Waals surface area contributed by atoms with Crippen molar-refractivity contribution in [1.82, 2.24) is 9.80 Å². The molecule has 7 atom stereocenters. The molecule has 2 aliphatic heterocycles. The number of phenolic OH excluding ortho intramolecular Hbond substituents is 1. The summed E-state index contributed by atoms with van der Waals surface area (Å²) in [7, 11) is 0. The lowest BCUT2D eigenvalue weighted by Gasteiger charge is -2.84. The standard InChI is InChI=1S/C34H33FN2O2/c35-25-9-6-21(7-10-25)13-15-36-20-33-17-23-8-11-26(38)16-27(23)34(33)29-24-18-32(34,31(33)36)14-12-28(29)37(19-24)30(39)22-4-2-1-3-5-22/h1-11,16,24,28-29,31,38H,12-15,17-20H2/t24-,28?,29?,31?,32?,33?,34?/m1/s1. The number of likely N-dealkylation sites (tertiary alicyclic amines) is 2. The van der Waals surface area contributed by atoms with E-state index >= 15 is 0 Å². The summed E-state index contributed by atoms with van der Waals surface area (Å²) >= 11 is 0. The van der Waals surface area contributed by atoms with Crippen molar-refractivity contribution in [2.24, 2.45) is 22.7 Å². The van der Waals surface area contributed by atoms with E-state index in [1.165, 1.54) is 23.1 Å². The SMILES string of the molecule is O=C(c1ccccc1)N1C[C@H]2CC34CCC1C2C31c2cc(O)ccc2CC12CN(CCc1ccc(F)cc1)C42. The number of fused-ring (bicyclic) bond motifs is 1. The Hall–Kier alpha value is -3.18. The predicted octanol–water partition coefficient (Wildman–Crippen LogP) is 5.19. The van der Waals surface area contributed by atoms with Gasteiger partial charge in [0.1, 0.15) is 11.6 Å². The molecule has 4 aliphatic carbocycles. The maximum Gasteiger partial charge on any atom is 0.254 e. The van der Waals surface area contributed by atoms with Crippen LogP contribution in [0.15, 0.2) is 72.8 Å². The van der Waals surface area contributed by atoms with Crippen molar-refractivity contribution in [3.8, 4) is 5.75 Å². The van der Waals surface area contributed by atoms with Crippen LogP contribution in [-0.2, 0) is 18.3 Å². The smallest absolute Gasteiger partial charge is 0.254 e. The van der Waals surface area contributed by atoms with Gasteiger partial charge in [-0.2, -0.15) is 0 Å². The number of piperidine rings is 1. The topological polar surface area (TPSA) is 43.8 Å². The van der Waals surface area contributed by atoms with Crippen molar-refractivity contribution in [3.05, 3.63) is 101 Å². The molecule has 2 spiro atoms. The molecule has 0 aromatic heterocycles. The van der Waals surface area contributed by atoms with Gasteiger partial charge in [0.2, 0.25) is 0 Å². The molecule has 3 aromatic carbocycles. The molecular weight excluding hydrogens is 487 g/mol. The summed E-state index contributed by atoms with van der Waals surface area (Å²) in [6.45, 7) is 2.95. The number of aromatic hydroxyl groups is 1. The van der Waals surface area contributed by atoms with Crippen LogP contribution in [0.2, 0.25) is 0 Å². The molecule has 6 unspecified atom stereocenters. The minimum absolute atomic E-state index is 0.0599. The van der Waals surface area contributed by atoms with E-state index in [0.717, 1.165) is 50.9 Å². The number of phenols is 1. The fourth-order valence-corrected chi connectivity index (χ4v) is 11.6. The normalized spacial score (nSPS) is 38.3. The third-order valence-corrected chi connectivity index (χ3v) is 12.1. The van der Waals surface area contributed by atoms with Crippen LogP contribution in [0.5, 0.6) is 5.75 Å². The van der Waals surface area contributed by atoms with Crippen molar-refractivity contribution in [2.75, 3.05) is 19.6 Å². The van der Waals surface area contributed by atoms with Crippen LogP contribution in [0.4, 0.5) is 4.39 Å². The zero-order valence-electron chi connectivity index (χ0n) is 22.0. The van der Waals surface area contributed by atoms with Crippen molar-refractivity contribution in [1.29, 1.82) is 0 Å². The fraction of sp³-hybridized carbons (Fsp3) is 0.441. The molecule has 0 radical (unpaired) electrons. The third kappa shape index (κ3) is 2.45. The Balaban J connectivity index is 1.10. The molecule has 198 valence electrons. The molecular formula is C34H33FN2O2. The first-order valence-electron chi connectivity index (χ1n) is 14.7. The predicted molar refractivity (Wildman–Crippen MR) is 146 cm³/mol. The van der Waals surface area contributed by atoms with Gasteiger partial charge in [0, 0.05) is 48.1 Å². The molecule has 4 nitrogen and oxygen atoms in total. The zero-order chi connectivity index (χ0) is 26.1. The van der Waals surface area contributed by atoms with Crippen LogP contribution in [0.25, 0.3) is 0 Å². The average molecular weight is 521 g/mol. The summed E-state index contributed by atoms with van der Waals surface area (Å²) < 4.78 is 13.5. The molecule has 6 aliphatic rings. The second-order valence-electron chi connectivity index (χ2n) is 13.3. The molecule has 39 heavy (non-hydrogen) atoms. The van der Waals surface area contributed by atoms with Gasteiger partial charge in [-0.25, -0.2) is 4.39 Å². The average Bonchev–Trinajstić information content (AvgIpc) is 3.46. The second kappa shape index (κ2) is 7.31. The van der Waals surface area contributed by atoms with Crippen LogP contribution < -0.4 is 0 Å². The van der Waals surface area contributed by atoms with Crippen molar-refractivity contribution < 1.29 is 14.3 Å². The van der Waals surface area contributed by atoms with E-state index in [9.17, 15) is 14.3 Å². The van der Waals surface area contributed by atoms with Gasteiger partial charge in [-0.1, -0.05) is 36.4 Å². The largest absolute Gasteiger partial charge is 0.508 e. The summed E-state index contributed by atoms with van der Waals surface area (Å²) in [5.74, 6) is 1.37. The lowest BCUT2D eigenvalue weighted by atomic mass is 9.27. The second-order valence-corrected chi connectivity index (χ2v) is 13.3. The highest BCUT2D eigenvalue weighted by Crippen LogP contribution is 2.90. The summed E-state index contributed by atoms with van der Waals surface area (Å²) in [4.78, 5) is 18.7. The molecule has 2 saturated heterocycles. The Kier molecular flexibility index (Phi) is 4.24. The van der Waals surface area contributed by atoms with E-state index in [2.05, 4.69) is 21.9 Å². The Morgan fingerprint density at radius 1 is 1.03 bits per heavy atom. The first-order valence-corrected chi connectivity index (χ1v) is 14.7. The van der Waals surface area contributed by atoms with E-state index in [0.29, 0.717) is 23.6 Å². The quantitative estimate of drug-likeness (QED) is 0.515. The van der Waals surface area contributed by atoms with Gasteiger partial charge in [0.15, 0.2) is 0 Å². The first-order chi connectivity index (χ1) is 19.0. The third-order valence-electron chi connectivity index (χ3n) is 12.1. The Bertz CT molecular complexity index is 1520. The van der Waals surface area contributed by atoms with Crippen LogP contribution >= 0.6 is 0 Å². The highest BCUT2D eigenvalue weighted by Gasteiger charge is 2.93. The number of amides is 1. The van der Waals surface area contributed by atoms with E-state index in [1.54, 1.807) is 12.1 Å². The lowest BCUT2D eigenvalue weighted by Crippen LogP contribution is -2.91. The molecule has 9 rings (SSSR count). The summed E-state index contributed by atoms with van der Waals surface area (Å²) in [5.41, 5.74) is 5.31. The number of benzene rings is 3. The van der Waals surface area contributed by atoms with Crippen LogP contribution in [0, 0.1) is 28.5 Å². The Morgan fingerprint density at radius 2 is 1.85 bits per heavy atom. The Labute approximate surface area is 228 Å². The van der Waals surface area contributed by atoms with Crippen LogP contribution in [0.3, 0.4) is 0 Å². The number of rotatable bonds is 4. The number of carbonyl (C=O) groups is 1. The van der Waals surface area contributed by atoms with Gasteiger partial charge in [-0.15, -0.1) is 0 Å². The Morgan fingerprint density at radius 3 is 2.67 bits per heavy atom. The number of hydrogen-bond donors (Lipinski definition) is 1. The molecule has 3 aromatic rings. The molecule has 2 bridgehead atoms. The van der Waals surface area contributed by atoms with Crippen molar-refractivity contribution in [3.63, 3.8) is 0 Å². The van der Waals surface area contributed by atoms with Crippen LogP contribution in [-0.4, -0.2) is 52.5 Å². The van der Waals surface area contributed by atoms with E-state index in [1.807, 2.05) is 48.5 Å². The molecule has 5 fully saturated rings. The number of nitrogens with zero attached hydrogens (tertiary/aromatic N) is 2. The van der Waals surface area contributed by atoms with E-state index in [4.69, 9.17) is 0 Å². The van der Waals surface area contributed by atoms with Gasteiger partial charge in [0.25, 0.3) is 5.91 Å². The van der Waals surface area contributed by atoms with E-state index < -0.39 is 0 Å². The first kappa shape index (κ1) is 22.6. The zero-order valence-corrected chi connectivity index (χ0v) is 22.0. The van der Waals surface area contributed by atoms with Gasteiger partial charge < -0.3 is 10.0 Å². The molecule has 2 heterocycles. The maximum atomic E-state index is 13.8. The number of hydrogen-bond acceptors (Lipinski definition) is 3. The number of halogens is 1. The van der Waals surface area contributed by atoms with E-state index in [-0.39, 0.29) is 34.0 Å². The summed E-state index contributed by atoms with van der Waals surface area (Å²) in [6.07, 6.45) is 5.44. The molecule has 1 N–H and O–H groups in total. The van der Waals surface area contributed by atoms with Gasteiger partial charge in [0.05, 0.1) is 0 Å². The van der Waals surface area contributed by atoms with Crippen LogP contribution in [0.1, 0.15) is 46.3 Å². The van der Waals surface area contributed by atoms with Gasteiger partial charge in [-0.05, 0) is 102 Å². The molecule has 1 amide bonds. The van der Waals surface area contributed by atoms with Crippen molar-refractivity contribution >= 4 is 5.91 Å². The van der Waals surface area contributed by atoms with Gasteiger partial charge >= 0.3 is 0 Å². The monoisotopic (exact) mass is 520 g/mol. The van der Waals surface area contributed by atoms with Crippen molar-refractivity contribution in [2.45, 2.75) is 49.6 Å². The maximum absolute atomic E-state index is 13.8. The fourth-order valence-electron chi connectivity index (χ4n) is 11.6. The molecule has 5 heteroatoms. The summed E-state index contributed by atoms with van der Waals surface area (Å²) in [6, 6.07) is 23.8. The highest BCUT2D eigenvalue weighted by molar-refractivity contribution is 5.94. The number of carbonyl (C=O) groups excluding carboxylic acids is 1. The minimum atomic E-state index is -0.176. The van der Waals surface area contributed by atoms with Gasteiger partial charge in [-0.3, -0.25) is 9.69 Å². The minimum Gasteiger partial charge on any atom is -0.508 e. The molecule has 3 saturated carbocycles. The lowest BCUT2D eigenvalue weighted by molar-refractivity contribution is -0.321. The summed E-state index contributed by atoms with van der Waals surface area (Å²) in [5, 5.41) is 10.7. The highest BCUT2D eigenvalue weighted by atomic mass is 19.1.